The topological polar surface area (TPSA) is 52.4 Å². The summed E-state index contributed by atoms with van der Waals surface area (Å²) in [5.74, 6) is 0. The van der Waals surface area contributed by atoms with Crippen molar-refractivity contribution in [3.8, 4) is 0 Å². The zero-order chi connectivity index (χ0) is 9.97. The molecule has 4 nitrogen and oxygen atoms in total. The second kappa shape index (κ2) is 3.59. The van der Waals surface area contributed by atoms with Gasteiger partial charge in [0.2, 0.25) is 0 Å². The third kappa shape index (κ3) is 1.52. The molecular formula is C10H9NO3. The van der Waals surface area contributed by atoms with Gasteiger partial charge in [-0.15, -0.1) is 0 Å². The molecule has 0 spiro atoms. The molecule has 4 heteroatoms. The van der Waals surface area contributed by atoms with E-state index >= 15 is 0 Å². The smallest absolute Gasteiger partial charge is 0.275 e. The largest absolute Gasteiger partial charge is 0.365 e. The molecule has 1 aromatic carbocycles. The van der Waals surface area contributed by atoms with Crippen molar-refractivity contribution < 1.29 is 9.66 Å². The molecule has 0 saturated carbocycles. The SMILES string of the molecule is O=[N+]([O-])c1ccccc1[C@@H]1C=CCO1. The molecule has 0 unspecified atom stereocenters. The molecule has 14 heavy (non-hydrogen) atoms. The second-order valence-corrected chi connectivity index (χ2v) is 3.00. The van der Waals surface area contributed by atoms with Crippen LogP contribution in [-0.2, 0) is 4.74 Å². The van der Waals surface area contributed by atoms with E-state index in [1.165, 1.54) is 6.07 Å². The zero-order valence-electron chi connectivity index (χ0n) is 7.42. The van der Waals surface area contributed by atoms with Crippen LogP contribution < -0.4 is 0 Å². The van der Waals surface area contributed by atoms with Crippen molar-refractivity contribution in [3.05, 3.63) is 52.1 Å². The summed E-state index contributed by atoms with van der Waals surface area (Å²) >= 11 is 0. The van der Waals surface area contributed by atoms with Crippen LogP contribution in [0, 0.1) is 10.1 Å². The van der Waals surface area contributed by atoms with Crippen molar-refractivity contribution in [1.82, 2.24) is 0 Å². The third-order valence-electron chi connectivity index (χ3n) is 2.12. The lowest BCUT2D eigenvalue weighted by Crippen LogP contribution is -2.00. The van der Waals surface area contributed by atoms with E-state index < -0.39 is 0 Å². The molecule has 0 amide bonds. The molecule has 0 aromatic heterocycles. The van der Waals surface area contributed by atoms with E-state index in [0.29, 0.717) is 12.2 Å². The van der Waals surface area contributed by atoms with Crippen LogP contribution in [-0.4, -0.2) is 11.5 Å². The Morgan fingerprint density at radius 2 is 2.21 bits per heavy atom. The van der Waals surface area contributed by atoms with E-state index in [1.807, 2.05) is 12.2 Å². The van der Waals surface area contributed by atoms with Crippen molar-refractivity contribution in [2.75, 3.05) is 6.61 Å². The lowest BCUT2D eigenvalue weighted by molar-refractivity contribution is -0.386. The Morgan fingerprint density at radius 1 is 1.43 bits per heavy atom. The van der Waals surface area contributed by atoms with E-state index in [0.717, 1.165) is 0 Å². The van der Waals surface area contributed by atoms with Crippen molar-refractivity contribution in [1.29, 1.82) is 0 Å². The number of hydrogen-bond acceptors (Lipinski definition) is 3. The van der Waals surface area contributed by atoms with Gasteiger partial charge in [0, 0.05) is 6.07 Å². The molecule has 0 N–H and O–H groups in total. The molecule has 1 aliphatic heterocycles. The monoisotopic (exact) mass is 191 g/mol. The van der Waals surface area contributed by atoms with Crippen LogP contribution in [0.25, 0.3) is 0 Å². The average molecular weight is 191 g/mol. The number of hydrogen-bond donors (Lipinski definition) is 0. The fraction of sp³-hybridized carbons (Fsp3) is 0.200. The van der Waals surface area contributed by atoms with Crippen molar-refractivity contribution in [2.45, 2.75) is 6.10 Å². The molecule has 72 valence electrons. The van der Waals surface area contributed by atoms with E-state index in [1.54, 1.807) is 18.2 Å². The fourth-order valence-electron chi connectivity index (χ4n) is 1.48. The van der Waals surface area contributed by atoms with Crippen LogP contribution >= 0.6 is 0 Å². The van der Waals surface area contributed by atoms with Crippen molar-refractivity contribution in [2.24, 2.45) is 0 Å². The summed E-state index contributed by atoms with van der Waals surface area (Å²) in [4.78, 5) is 10.3. The first-order valence-corrected chi connectivity index (χ1v) is 4.30. The van der Waals surface area contributed by atoms with Crippen LogP contribution in [0.3, 0.4) is 0 Å². The van der Waals surface area contributed by atoms with Crippen LogP contribution in [0.1, 0.15) is 11.7 Å². The summed E-state index contributed by atoms with van der Waals surface area (Å²) in [5, 5.41) is 10.7. The van der Waals surface area contributed by atoms with Gasteiger partial charge in [-0.2, -0.15) is 0 Å². The highest BCUT2D eigenvalue weighted by atomic mass is 16.6. The molecule has 2 rings (SSSR count). The zero-order valence-corrected chi connectivity index (χ0v) is 7.42. The Hall–Kier alpha value is -1.68. The first-order valence-electron chi connectivity index (χ1n) is 4.30. The standard InChI is InChI=1S/C10H9NO3/c12-11(13)9-5-2-1-4-8(9)10-6-3-7-14-10/h1-6,10H,7H2/t10-/m0/s1. The predicted octanol–water partition coefficient (Wildman–Crippen LogP) is 2.22. The van der Waals surface area contributed by atoms with Gasteiger partial charge in [-0.25, -0.2) is 0 Å². The maximum absolute atomic E-state index is 10.7. The Bertz CT molecular complexity index is 387. The van der Waals surface area contributed by atoms with Crippen LogP contribution in [0.4, 0.5) is 5.69 Å². The van der Waals surface area contributed by atoms with Gasteiger partial charge in [-0.3, -0.25) is 10.1 Å². The van der Waals surface area contributed by atoms with Crippen molar-refractivity contribution in [3.63, 3.8) is 0 Å². The Labute approximate surface area is 81.0 Å². The van der Waals surface area contributed by atoms with Crippen LogP contribution in [0.5, 0.6) is 0 Å². The molecule has 0 bridgehead atoms. The summed E-state index contributed by atoms with van der Waals surface area (Å²) < 4.78 is 5.31. The van der Waals surface area contributed by atoms with Gasteiger partial charge in [0.25, 0.3) is 5.69 Å². The summed E-state index contributed by atoms with van der Waals surface area (Å²) in [6.45, 7) is 0.525. The molecule has 1 aromatic rings. The molecule has 0 radical (unpaired) electrons. The highest BCUT2D eigenvalue weighted by molar-refractivity contribution is 5.43. The van der Waals surface area contributed by atoms with E-state index in [4.69, 9.17) is 4.74 Å². The van der Waals surface area contributed by atoms with Crippen LogP contribution in [0.2, 0.25) is 0 Å². The molecule has 0 aliphatic carbocycles. The van der Waals surface area contributed by atoms with Gasteiger partial charge < -0.3 is 4.74 Å². The molecule has 1 aliphatic rings. The molecule has 0 saturated heterocycles. The number of ether oxygens (including phenoxy) is 1. The first kappa shape index (κ1) is 8.90. The minimum Gasteiger partial charge on any atom is -0.365 e. The summed E-state index contributed by atoms with van der Waals surface area (Å²) in [6.07, 6.45) is 3.43. The fourth-order valence-corrected chi connectivity index (χ4v) is 1.48. The van der Waals surface area contributed by atoms with Gasteiger partial charge in [-0.1, -0.05) is 24.3 Å². The number of benzene rings is 1. The second-order valence-electron chi connectivity index (χ2n) is 3.00. The number of rotatable bonds is 2. The Balaban J connectivity index is 2.40. The minimum atomic E-state index is -0.384. The summed E-state index contributed by atoms with van der Waals surface area (Å²) in [6, 6.07) is 6.64. The third-order valence-corrected chi connectivity index (χ3v) is 2.12. The molecular weight excluding hydrogens is 182 g/mol. The number of nitro groups is 1. The molecule has 1 atom stereocenters. The lowest BCUT2D eigenvalue weighted by Gasteiger charge is -2.08. The summed E-state index contributed by atoms with van der Waals surface area (Å²) in [5.41, 5.74) is 0.732. The lowest BCUT2D eigenvalue weighted by atomic mass is 10.1. The Kier molecular flexibility index (Phi) is 2.28. The van der Waals surface area contributed by atoms with Gasteiger partial charge in [0.05, 0.1) is 17.1 Å². The highest BCUT2D eigenvalue weighted by Crippen LogP contribution is 2.30. The minimum absolute atomic E-state index is 0.115. The quantitative estimate of drug-likeness (QED) is 0.409. The highest BCUT2D eigenvalue weighted by Gasteiger charge is 2.21. The maximum atomic E-state index is 10.7. The summed E-state index contributed by atoms with van der Waals surface area (Å²) in [7, 11) is 0. The average Bonchev–Trinajstić information content (AvgIpc) is 2.70. The van der Waals surface area contributed by atoms with E-state index in [9.17, 15) is 10.1 Å². The molecule has 0 fully saturated rings. The van der Waals surface area contributed by atoms with Gasteiger partial charge in [0.15, 0.2) is 0 Å². The van der Waals surface area contributed by atoms with Crippen LogP contribution in [0.15, 0.2) is 36.4 Å². The normalized spacial score (nSPS) is 19.9. The van der Waals surface area contributed by atoms with Gasteiger partial charge in [-0.05, 0) is 6.07 Å². The Morgan fingerprint density at radius 3 is 2.86 bits per heavy atom. The molecule has 1 heterocycles. The number of para-hydroxylation sites is 1. The number of nitrogens with zero attached hydrogens (tertiary/aromatic N) is 1. The predicted molar refractivity (Wildman–Crippen MR) is 50.9 cm³/mol. The first-order chi connectivity index (χ1) is 6.79. The maximum Gasteiger partial charge on any atom is 0.275 e. The van der Waals surface area contributed by atoms with E-state index in [2.05, 4.69) is 0 Å². The van der Waals surface area contributed by atoms with E-state index in [-0.39, 0.29) is 16.7 Å². The number of nitro benzene ring substituents is 1. The van der Waals surface area contributed by atoms with Crippen molar-refractivity contribution >= 4 is 5.69 Å². The van der Waals surface area contributed by atoms with Gasteiger partial charge in [0.1, 0.15) is 6.10 Å². The van der Waals surface area contributed by atoms with Gasteiger partial charge >= 0.3 is 0 Å².